The van der Waals surface area contributed by atoms with Crippen molar-refractivity contribution in [2.75, 3.05) is 32.9 Å². The molecule has 1 aliphatic rings. The van der Waals surface area contributed by atoms with Gasteiger partial charge in [0, 0.05) is 19.7 Å². The minimum Gasteiger partial charge on any atom is -0.379 e. The Balaban J connectivity index is 1.75. The standard InChI is InChI=1S/C14H29NO2/c1-2-3-4-5-6-7-8-10-16-13-14-12-15-9-11-17-14/h14-15H,2-13H2,1H3. The molecule has 0 aliphatic carbocycles. The molecule has 1 N–H and O–H groups in total. The van der Waals surface area contributed by atoms with Crippen LogP contribution in [0, 0.1) is 0 Å². The van der Waals surface area contributed by atoms with Gasteiger partial charge in [0.2, 0.25) is 0 Å². The van der Waals surface area contributed by atoms with Crippen molar-refractivity contribution < 1.29 is 9.47 Å². The summed E-state index contributed by atoms with van der Waals surface area (Å²) in [5.74, 6) is 0. The van der Waals surface area contributed by atoms with E-state index in [1.54, 1.807) is 0 Å². The molecule has 3 heteroatoms. The number of hydrogen-bond donors (Lipinski definition) is 1. The Bertz CT molecular complexity index is 158. The highest BCUT2D eigenvalue weighted by molar-refractivity contribution is 4.65. The predicted molar refractivity (Wildman–Crippen MR) is 71.4 cm³/mol. The second-order valence-corrected chi connectivity index (χ2v) is 4.89. The molecule has 3 nitrogen and oxygen atoms in total. The van der Waals surface area contributed by atoms with Crippen LogP contribution in [0.2, 0.25) is 0 Å². The van der Waals surface area contributed by atoms with Crippen molar-refractivity contribution in [3.63, 3.8) is 0 Å². The van der Waals surface area contributed by atoms with Crippen molar-refractivity contribution in [3.8, 4) is 0 Å². The van der Waals surface area contributed by atoms with Crippen LogP contribution >= 0.6 is 0 Å². The lowest BCUT2D eigenvalue weighted by molar-refractivity contribution is -0.0319. The molecule has 0 radical (unpaired) electrons. The summed E-state index contributed by atoms with van der Waals surface area (Å²) in [6.07, 6.45) is 9.67. The zero-order valence-corrected chi connectivity index (χ0v) is 11.4. The summed E-state index contributed by atoms with van der Waals surface area (Å²) in [5, 5.41) is 3.31. The molecular formula is C14H29NO2. The molecule has 1 rings (SSSR count). The number of hydrogen-bond acceptors (Lipinski definition) is 3. The number of rotatable bonds is 10. The maximum Gasteiger partial charge on any atom is 0.0933 e. The molecule has 102 valence electrons. The van der Waals surface area contributed by atoms with E-state index in [1.807, 2.05) is 0 Å². The molecule has 0 aromatic carbocycles. The van der Waals surface area contributed by atoms with E-state index in [4.69, 9.17) is 9.47 Å². The van der Waals surface area contributed by atoms with Gasteiger partial charge in [-0.05, 0) is 6.42 Å². The van der Waals surface area contributed by atoms with Crippen LogP contribution in [0.15, 0.2) is 0 Å². The van der Waals surface area contributed by atoms with Gasteiger partial charge in [-0.3, -0.25) is 0 Å². The maximum absolute atomic E-state index is 5.64. The monoisotopic (exact) mass is 243 g/mol. The smallest absolute Gasteiger partial charge is 0.0933 e. The fraction of sp³-hybridized carbons (Fsp3) is 1.00. The third-order valence-electron chi connectivity index (χ3n) is 3.20. The van der Waals surface area contributed by atoms with Crippen molar-refractivity contribution in [2.45, 2.75) is 58.0 Å². The van der Waals surface area contributed by atoms with Crippen LogP contribution in [0.1, 0.15) is 51.9 Å². The van der Waals surface area contributed by atoms with E-state index in [0.29, 0.717) is 0 Å². The van der Waals surface area contributed by atoms with Crippen LogP contribution in [0.25, 0.3) is 0 Å². The third kappa shape index (κ3) is 8.58. The molecule has 0 aromatic heterocycles. The van der Waals surface area contributed by atoms with E-state index in [1.165, 1.54) is 44.9 Å². The Labute approximate surface area is 106 Å². The number of ether oxygens (including phenoxy) is 2. The summed E-state index contributed by atoms with van der Waals surface area (Å²) in [6.45, 7) is 6.66. The molecule has 0 aromatic rings. The minimum absolute atomic E-state index is 0.272. The highest BCUT2D eigenvalue weighted by atomic mass is 16.5. The van der Waals surface area contributed by atoms with Gasteiger partial charge in [0.05, 0.1) is 19.3 Å². The highest BCUT2D eigenvalue weighted by Gasteiger charge is 2.12. The summed E-state index contributed by atoms with van der Waals surface area (Å²) in [4.78, 5) is 0. The quantitative estimate of drug-likeness (QED) is 0.598. The Morgan fingerprint density at radius 1 is 1.12 bits per heavy atom. The lowest BCUT2D eigenvalue weighted by atomic mass is 10.1. The second-order valence-electron chi connectivity index (χ2n) is 4.89. The van der Waals surface area contributed by atoms with Gasteiger partial charge < -0.3 is 14.8 Å². The van der Waals surface area contributed by atoms with Gasteiger partial charge in [0.25, 0.3) is 0 Å². The van der Waals surface area contributed by atoms with Crippen molar-refractivity contribution in [1.29, 1.82) is 0 Å². The van der Waals surface area contributed by atoms with E-state index in [9.17, 15) is 0 Å². The number of unbranched alkanes of at least 4 members (excludes halogenated alkanes) is 6. The van der Waals surface area contributed by atoms with Crippen molar-refractivity contribution in [3.05, 3.63) is 0 Å². The Kier molecular flexibility index (Phi) is 9.66. The van der Waals surface area contributed by atoms with E-state index in [0.717, 1.165) is 32.9 Å². The molecular weight excluding hydrogens is 214 g/mol. The summed E-state index contributed by atoms with van der Waals surface area (Å²) >= 11 is 0. The largest absolute Gasteiger partial charge is 0.379 e. The molecule has 0 amide bonds. The molecule has 1 heterocycles. The Hall–Kier alpha value is -0.120. The van der Waals surface area contributed by atoms with Crippen LogP contribution < -0.4 is 5.32 Å². The van der Waals surface area contributed by atoms with Crippen LogP contribution in [0.4, 0.5) is 0 Å². The Morgan fingerprint density at radius 3 is 2.59 bits per heavy atom. The highest BCUT2D eigenvalue weighted by Crippen LogP contribution is 2.07. The summed E-state index contributed by atoms with van der Waals surface area (Å²) in [6, 6.07) is 0. The van der Waals surface area contributed by atoms with Gasteiger partial charge >= 0.3 is 0 Å². The molecule has 1 saturated heterocycles. The molecule has 1 atom stereocenters. The lowest BCUT2D eigenvalue weighted by Crippen LogP contribution is -2.41. The average Bonchev–Trinajstić information content (AvgIpc) is 2.38. The number of nitrogens with one attached hydrogen (secondary N) is 1. The van der Waals surface area contributed by atoms with Crippen molar-refractivity contribution in [1.82, 2.24) is 5.32 Å². The third-order valence-corrected chi connectivity index (χ3v) is 3.20. The molecule has 1 unspecified atom stereocenters. The summed E-state index contributed by atoms with van der Waals surface area (Å²) < 4.78 is 11.2. The van der Waals surface area contributed by atoms with Crippen LogP contribution in [-0.4, -0.2) is 39.0 Å². The molecule has 1 aliphatic heterocycles. The molecule has 1 fully saturated rings. The molecule has 0 bridgehead atoms. The van der Waals surface area contributed by atoms with E-state index >= 15 is 0 Å². The van der Waals surface area contributed by atoms with E-state index in [-0.39, 0.29) is 6.10 Å². The normalized spacial score (nSPS) is 20.6. The first-order chi connectivity index (χ1) is 8.43. The van der Waals surface area contributed by atoms with Crippen LogP contribution in [-0.2, 0) is 9.47 Å². The zero-order valence-electron chi connectivity index (χ0n) is 11.4. The molecule has 17 heavy (non-hydrogen) atoms. The van der Waals surface area contributed by atoms with E-state index < -0.39 is 0 Å². The van der Waals surface area contributed by atoms with Crippen molar-refractivity contribution >= 4 is 0 Å². The van der Waals surface area contributed by atoms with Crippen molar-refractivity contribution in [2.24, 2.45) is 0 Å². The Morgan fingerprint density at radius 2 is 1.88 bits per heavy atom. The average molecular weight is 243 g/mol. The van der Waals surface area contributed by atoms with Crippen LogP contribution in [0.5, 0.6) is 0 Å². The predicted octanol–water partition coefficient (Wildman–Crippen LogP) is 2.74. The van der Waals surface area contributed by atoms with E-state index in [2.05, 4.69) is 12.2 Å². The zero-order chi connectivity index (χ0) is 12.2. The van der Waals surface area contributed by atoms with Gasteiger partial charge in [-0.25, -0.2) is 0 Å². The SMILES string of the molecule is CCCCCCCCCOCC1CNCCO1. The van der Waals surface area contributed by atoms with Crippen LogP contribution in [0.3, 0.4) is 0 Å². The maximum atomic E-state index is 5.64. The first-order valence-electron chi connectivity index (χ1n) is 7.33. The fourth-order valence-corrected chi connectivity index (χ4v) is 2.10. The topological polar surface area (TPSA) is 30.5 Å². The van der Waals surface area contributed by atoms with Gasteiger partial charge in [-0.2, -0.15) is 0 Å². The lowest BCUT2D eigenvalue weighted by Gasteiger charge is -2.23. The second kappa shape index (κ2) is 11.0. The minimum atomic E-state index is 0.272. The summed E-state index contributed by atoms with van der Waals surface area (Å²) in [7, 11) is 0. The molecule has 0 spiro atoms. The number of morpholine rings is 1. The summed E-state index contributed by atoms with van der Waals surface area (Å²) in [5.41, 5.74) is 0. The van der Waals surface area contributed by atoms with Gasteiger partial charge in [0.15, 0.2) is 0 Å². The fourth-order valence-electron chi connectivity index (χ4n) is 2.10. The van der Waals surface area contributed by atoms with Gasteiger partial charge in [-0.15, -0.1) is 0 Å². The van der Waals surface area contributed by atoms with Gasteiger partial charge in [0.1, 0.15) is 0 Å². The molecule has 0 saturated carbocycles. The first-order valence-corrected chi connectivity index (χ1v) is 7.33. The first kappa shape index (κ1) is 14.9. The van der Waals surface area contributed by atoms with Gasteiger partial charge in [-0.1, -0.05) is 45.4 Å².